The number of nitrogens with one attached hydrogen (secondary N) is 1. The molecular weight excluding hydrogens is 304 g/mol. The highest BCUT2D eigenvalue weighted by atomic mass is 16.5. The minimum Gasteiger partial charge on any atom is -0.382 e. The maximum absolute atomic E-state index is 12.1. The van der Waals surface area contributed by atoms with Crippen LogP contribution in [0.15, 0.2) is 0 Å². The second-order valence-corrected chi connectivity index (χ2v) is 4.45. The van der Waals surface area contributed by atoms with Crippen LogP contribution in [0.25, 0.3) is 0 Å². The zero-order valence-electron chi connectivity index (χ0n) is 13.8. The summed E-state index contributed by atoms with van der Waals surface area (Å²) in [5, 5.41) is 2.51. The number of hydrogen-bond donors (Lipinski definition) is 1. The van der Waals surface area contributed by atoms with Crippen molar-refractivity contribution >= 4 is 11.8 Å². The highest BCUT2D eigenvalue weighted by Crippen LogP contribution is 1.93. The minimum absolute atomic E-state index is 0.0954. The molecule has 0 radical (unpaired) electrons. The van der Waals surface area contributed by atoms with Gasteiger partial charge in [0.1, 0.15) is 6.61 Å². The van der Waals surface area contributed by atoms with Gasteiger partial charge in [0.05, 0.1) is 46.1 Å². The fourth-order valence-electron chi connectivity index (χ4n) is 1.48. The summed E-state index contributed by atoms with van der Waals surface area (Å²) in [5.74, 6) is 1.68. The van der Waals surface area contributed by atoms with Crippen molar-refractivity contribution in [3.05, 3.63) is 0 Å². The topological polar surface area (TPSA) is 86.3 Å². The third-order valence-corrected chi connectivity index (χ3v) is 2.67. The molecule has 0 aliphatic carbocycles. The summed E-state index contributed by atoms with van der Waals surface area (Å²) in [6, 6.07) is 0. The first kappa shape index (κ1) is 21.3. The third-order valence-electron chi connectivity index (χ3n) is 2.67. The number of methoxy groups -OCH3 is 2. The van der Waals surface area contributed by atoms with Crippen molar-refractivity contribution in [3.63, 3.8) is 0 Å². The SMILES string of the molecule is C#CCNC(=O)CN(CCOCCOC)C(=O)COCCOC. The second-order valence-electron chi connectivity index (χ2n) is 4.45. The van der Waals surface area contributed by atoms with Gasteiger partial charge in [0.15, 0.2) is 0 Å². The van der Waals surface area contributed by atoms with E-state index in [1.54, 1.807) is 14.2 Å². The fraction of sp³-hybridized carbons (Fsp3) is 0.733. The van der Waals surface area contributed by atoms with E-state index in [4.69, 9.17) is 25.4 Å². The van der Waals surface area contributed by atoms with Gasteiger partial charge in [0.2, 0.25) is 11.8 Å². The highest BCUT2D eigenvalue weighted by Gasteiger charge is 2.17. The first-order valence-corrected chi connectivity index (χ1v) is 7.27. The van der Waals surface area contributed by atoms with Gasteiger partial charge in [-0.1, -0.05) is 5.92 Å². The Kier molecular flexibility index (Phi) is 14.1. The number of rotatable bonds is 14. The normalized spacial score (nSPS) is 10.1. The number of carbonyl (C=O) groups excluding carboxylic acids is 2. The Morgan fingerprint density at radius 2 is 1.70 bits per heavy atom. The van der Waals surface area contributed by atoms with Crippen molar-refractivity contribution in [2.24, 2.45) is 0 Å². The van der Waals surface area contributed by atoms with E-state index in [1.807, 2.05) is 0 Å². The summed E-state index contributed by atoms with van der Waals surface area (Å²) >= 11 is 0. The van der Waals surface area contributed by atoms with E-state index < -0.39 is 0 Å². The predicted octanol–water partition coefficient (Wildman–Crippen LogP) is -1.11. The Morgan fingerprint density at radius 3 is 2.30 bits per heavy atom. The van der Waals surface area contributed by atoms with Crippen molar-refractivity contribution in [2.75, 3.05) is 73.5 Å². The molecule has 8 heteroatoms. The first-order valence-electron chi connectivity index (χ1n) is 7.27. The van der Waals surface area contributed by atoms with Crippen molar-refractivity contribution in [1.29, 1.82) is 0 Å². The highest BCUT2D eigenvalue weighted by molar-refractivity contribution is 5.85. The zero-order chi connectivity index (χ0) is 17.3. The lowest BCUT2D eigenvalue weighted by Crippen LogP contribution is -2.44. The Balaban J connectivity index is 4.26. The van der Waals surface area contributed by atoms with E-state index >= 15 is 0 Å². The van der Waals surface area contributed by atoms with Crippen molar-refractivity contribution in [3.8, 4) is 12.3 Å². The van der Waals surface area contributed by atoms with Gasteiger partial charge in [-0.05, 0) is 0 Å². The Morgan fingerprint density at radius 1 is 1.04 bits per heavy atom. The van der Waals surface area contributed by atoms with Crippen LogP contribution in [0.5, 0.6) is 0 Å². The molecule has 0 saturated heterocycles. The number of ether oxygens (including phenoxy) is 4. The molecule has 23 heavy (non-hydrogen) atoms. The van der Waals surface area contributed by atoms with Crippen LogP contribution in [0.4, 0.5) is 0 Å². The molecule has 8 nitrogen and oxygen atoms in total. The van der Waals surface area contributed by atoms with E-state index in [-0.39, 0.29) is 38.1 Å². The Bertz CT molecular complexity index is 369. The number of carbonyl (C=O) groups is 2. The summed E-state index contributed by atoms with van der Waals surface area (Å²) < 4.78 is 20.2. The monoisotopic (exact) mass is 330 g/mol. The van der Waals surface area contributed by atoms with Crippen molar-refractivity contribution < 1.29 is 28.5 Å². The molecule has 0 aromatic heterocycles. The quantitative estimate of drug-likeness (QED) is 0.321. The van der Waals surface area contributed by atoms with E-state index in [0.717, 1.165) is 0 Å². The molecule has 0 atom stereocenters. The number of hydrogen-bond acceptors (Lipinski definition) is 6. The number of nitrogens with zero attached hydrogens (tertiary/aromatic N) is 1. The molecule has 0 rings (SSSR count). The lowest BCUT2D eigenvalue weighted by molar-refractivity contribution is -0.141. The molecule has 0 aromatic rings. The molecular formula is C15H26N2O6. The molecule has 0 fully saturated rings. The molecule has 0 saturated carbocycles. The molecule has 0 heterocycles. The first-order chi connectivity index (χ1) is 11.2. The van der Waals surface area contributed by atoms with Gasteiger partial charge in [-0.2, -0.15) is 0 Å². The average Bonchev–Trinajstić information content (AvgIpc) is 2.55. The van der Waals surface area contributed by atoms with Gasteiger partial charge >= 0.3 is 0 Å². The summed E-state index contributed by atoms with van der Waals surface area (Å²) in [4.78, 5) is 25.2. The third kappa shape index (κ3) is 12.6. The van der Waals surface area contributed by atoms with Crippen LogP contribution in [0, 0.1) is 12.3 Å². The predicted molar refractivity (Wildman–Crippen MR) is 83.8 cm³/mol. The van der Waals surface area contributed by atoms with Gasteiger partial charge in [-0.3, -0.25) is 9.59 Å². The molecule has 0 spiro atoms. The van der Waals surface area contributed by atoms with Gasteiger partial charge in [-0.25, -0.2) is 0 Å². The molecule has 0 aliphatic heterocycles. The van der Waals surface area contributed by atoms with Crippen LogP contribution in [0.3, 0.4) is 0 Å². The Hall–Kier alpha value is -1.66. The van der Waals surface area contributed by atoms with Crippen LogP contribution < -0.4 is 5.32 Å². The zero-order valence-corrected chi connectivity index (χ0v) is 13.8. The summed E-state index contributed by atoms with van der Waals surface area (Å²) in [5.41, 5.74) is 0. The van der Waals surface area contributed by atoms with E-state index in [9.17, 15) is 9.59 Å². The van der Waals surface area contributed by atoms with Gasteiger partial charge in [0.25, 0.3) is 0 Å². The van der Waals surface area contributed by atoms with Gasteiger partial charge in [-0.15, -0.1) is 6.42 Å². The largest absolute Gasteiger partial charge is 0.382 e. The van der Waals surface area contributed by atoms with Crippen LogP contribution in [-0.2, 0) is 28.5 Å². The van der Waals surface area contributed by atoms with E-state index in [1.165, 1.54) is 4.90 Å². The van der Waals surface area contributed by atoms with Crippen LogP contribution in [-0.4, -0.2) is 90.2 Å². The van der Waals surface area contributed by atoms with Crippen LogP contribution in [0.1, 0.15) is 0 Å². The summed E-state index contributed by atoms with van der Waals surface area (Å²) in [6.45, 7) is 2.08. The molecule has 1 N–H and O–H groups in total. The summed E-state index contributed by atoms with van der Waals surface area (Å²) in [7, 11) is 3.12. The fourth-order valence-corrected chi connectivity index (χ4v) is 1.48. The van der Waals surface area contributed by atoms with Gasteiger partial charge in [0, 0.05) is 20.8 Å². The summed E-state index contributed by atoms with van der Waals surface area (Å²) in [6.07, 6.45) is 5.08. The molecule has 2 amide bonds. The Labute approximate surface area is 137 Å². The lowest BCUT2D eigenvalue weighted by atomic mass is 10.4. The molecule has 0 unspecified atom stereocenters. The standard InChI is InChI=1S/C15H26N2O6/c1-4-5-16-14(18)12-17(6-7-22-10-8-20-2)15(19)13-23-11-9-21-3/h1H,5-13H2,2-3H3,(H,16,18). The lowest BCUT2D eigenvalue weighted by Gasteiger charge is -2.22. The smallest absolute Gasteiger partial charge is 0.249 e. The average molecular weight is 330 g/mol. The van der Waals surface area contributed by atoms with E-state index in [2.05, 4.69) is 11.2 Å². The maximum atomic E-state index is 12.1. The molecule has 0 bridgehead atoms. The second kappa shape index (κ2) is 15.2. The van der Waals surface area contributed by atoms with E-state index in [0.29, 0.717) is 33.0 Å². The van der Waals surface area contributed by atoms with Crippen LogP contribution >= 0.6 is 0 Å². The van der Waals surface area contributed by atoms with Crippen molar-refractivity contribution in [2.45, 2.75) is 0 Å². The maximum Gasteiger partial charge on any atom is 0.249 e. The number of terminal acetylenes is 1. The van der Waals surface area contributed by atoms with Crippen LogP contribution in [0.2, 0.25) is 0 Å². The van der Waals surface area contributed by atoms with Gasteiger partial charge < -0.3 is 29.2 Å². The molecule has 0 aliphatic rings. The molecule has 132 valence electrons. The molecule has 0 aromatic carbocycles. The number of amides is 2. The van der Waals surface area contributed by atoms with Crippen molar-refractivity contribution in [1.82, 2.24) is 10.2 Å². The minimum atomic E-state index is -0.329.